The Kier molecular flexibility index (Phi) is 5.87. The molecule has 27 heavy (non-hydrogen) atoms. The van der Waals surface area contributed by atoms with Crippen LogP contribution >= 0.6 is 0 Å². The summed E-state index contributed by atoms with van der Waals surface area (Å²) in [5.41, 5.74) is 4.56. The van der Waals surface area contributed by atoms with Crippen LogP contribution in [0.1, 0.15) is 41.0 Å². The van der Waals surface area contributed by atoms with Gasteiger partial charge in [-0.15, -0.1) is 0 Å². The fraction of sp³-hybridized carbons (Fsp3) is 0.217. The van der Waals surface area contributed by atoms with Crippen molar-refractivity contribution in [2.24, 2.45) is 7.05 Å². The number of hydrogen-bond acceptors (Lipinski definition) is 2. The second kappa shape index (κ2) is 8.49. The topological polar surface area (TPSA) is 59.3 Å². The maximum Gasteiger partial charge on any atom is 0.303 e. The van der Waals surface area contributed by atoms with Crippen molar-refractivity contribution in [2.75, 3.05) is 0 Å². The molecule has 0 fully saturated rings. The number of ketones is 1. The molecular weight excluding hydrogens is 338 g/mol. The number of unbranched alkanes of at least 4 members (excludes halogenated alkanes) is 1. The summed E-state index contributed by atoms with van der Waals surface area (Å²) in [5.74, 6) is -0.773. The van der Waals surface area contributed by atoms with E-state index in [1.807, 2.05) is 78.3 Å². The molecule has 1 heterocycles. The Bertz CT molecular complexity index is 924. The Morgan fingerprint density at radius 2 is 1.52 bits per heavy atom. The Labute approximate surface area is 159 Å². The van der Waals surface area contributed by atoms with Crippen LogP contribution < -0.4 is 0 Å². The monoisotopic (exact) mass is 361 g/mol. The summed E-state index contributed by atoms with van der Waals surface area (Å²) in [6.45, 7) is 0. The van der Waals surface area contributed by atoms with Gasteiger partial charge in [-0.1, -0.05) is 54.6 Å². The highest BCUT2D eigenvalue weighted by molar-refractivity contribution is 6.08. The summed E-state index contributed by atoms with van der Waals surface area (Å²) >= 11 is 0. The third-order valence-electron chi connectivity index (χ3n) is 4.79. The van der Waals surface area contributed by atoms with Gasteiger partial charge in [-0.3, -0.25) is 9.59 Å². The maximum absolute atomic E-state index is 12.8. The highest BCUT2D eigenvalue weighted by Crippen LogP contribution is 2.21. The molecule has 4 heteroatoms. The number of aryl methyl sites for hydroxylation is 1. The van der Waals surface area contributed by atoms with Crippen LogP contribution in [0.3, 0.4) is 0 Å². The van der Waals surface area contributed by atoms with Gasteiger partial charge in [0, 0.05) is 24.7 Å². The largest absolute Gasteiger partial charge is 0.481 e. The third-order valence-corrected chi connectivity index (χ3v) is 4.79. The van der Waals surface area contributed by atoms with Crippen molar-refractivity contribution in [3.05, 3.63) is 83.7 Å². The zero-order valence-corrected chi connectivity index (χ0v) is 15.4. The average Bonchev–Trinajstić information content (AvgIpc) is 3.06. The lowest BCUT2D eigenvalue weighted by Crippen LogP contribution is -2.09. The van der Waals surface area contributed by atoms with E-state index in [2.05, 4.69) is 0 Å². The molecule has 0 bridgehead atoms. The van der Waals surface area contributed by atoms with E-state index in [4.69, 9.17) is 5.11 Å². The molecule has 0 unspecified atom stereocenters. The van der Waals surface area contributed by atoms with Crippen LogP contribution in [0.15, 0.2) is 66.7 Å². The fourth-order valence-electron chi connectivity index (χ4n) is 3.21. The Morgan fingerprint density at radius 1 is 0.852 bits per heavy atom. The van der Waals surface area contributed by atoms with Crippen LogP contribution in [0.5, 0.6) is 0 Å². The van der Waals surface area contributed by atoms with E-state index in [0.717, 1.165) is 29.7 Å². The first kappa shape index (κ1) is 18.6. The molecule has 0 saturated heterocycles. The molecule has 1 N–H and O–H groups in total. The van der Waals surface area contributed by atoms with Crippen molar-refractivity contribution in [1.29, 1.82) is 0 Å². The molecule has 0 aliphatic rings. The number of benzene rings is 2. The molecule has 0 saturated carbocycles. The second-order valence-electron chi connectivity index (χ2n) is 6.64. The lowest BCUT2D eigenvalue weighted by Gasteiger charge is -2.08. The van der Waals surface area contributed by atoms with Crippen molar-refractivity contribution >= 4 is 11.8 Å². The van der Waals surface area contributed by atoms with Crippen LogP contribution in [0.2, 0.25) is 0 Å². The van der Waals surface area contributed by atoms with Crippen LogP contribution in [0, 0.1) is 0 Å². The number of hydrogen-bond donors (Lipinski definition) is 1. The first-order valence-electron chi connectivity index (χ1n) is 9.13. The van der Waals surface area contributed by atoms with Crippen molar-refractivity contribution in [2.45, 2.75) is 25.7 Å². The summed E-state index contributed by atoms with van der Waals surface area (Å²) in [4.78, 5) is 23.4. The highest BCUT2D eigenvalue weighted by Gasteiger charge is 2.15. The summed E-state index contributed by atoms with van der Waals surface area (Å²) in [7, 11) is 1.89. The summed E-state index contributed by atoms with van der Waals surface area (Å²) in [5, 5.41) is 8.71. The van der Waals surface area contributed by atoms with Crippen LogP contribution in [0.4, 0.5) is 0 Å². The van der Waals surface area contributed by atoms with Crippen LogP contribution in [-0.2, 0) is 18.3 Å². The third kappa shape index (κ3) is 4.53. The predicted octanol–water partition coefficient (Wildman–Crippen LogP) is 4.72. The fourth-order valence-corrected chi connectivity index (χ4v) is 3.21. The van der Waals surface area contributed by atoms with Gasteiger partial charge in [0.05, 0.1) is 5.69 Å². The summed E-state index contributed by atoms with van der Waals surface area (Å²) in [6, 6.07) is 21.5. The molecular formula is C23H23NO3. The molecule has 0 radical (unpaired) electrons. The van der Waals surface area contributed by atoms with E-state index in [9.17, 15) is 9.59 Å². The van der Waals surface area contributed by atoms with Gasteiger partial charge in [-0.05, 0) is 42.5 Å². The molecule has 138 valence electrons. The summed E-state index contributed by atoms with van der Waals surface area (Å²) in [6.07, 6.45) is 2.39. The molecule has 0 spiro atoms. The van der Waals surface area contributed by atoms with Gasteiger partial charge in [0.15, 0.2) is 0 Å². The number of carbonyl (C=O) groups excluding carboxylic acids is 1. The van der Waals surface area contributed by atoms with Crippen molar-refractivity contribution in [3.8, 4) is 11.1 Å². The lowest BCUT2D eigenvalue weighted by atomic mass is 10.0. The number of nitrogens with zero attached hydrogens (tertiary/aromatic N) is 1. The molecule has 0 aliphatic carbocycles. The molecule has 4 nitrogen and oxygen atoms in total. The van der Waals surface area contributed by atoms with E-state index < -0.39 is 5.97 Å². The van der Waals surface area contributed by atoms with Gasteiger partial charge in [-0.25, -0.2) is 0 Å². The SMILES string of the molecule is Cn1c(CCCCC(=O)O)ccc1C(=O)c1ccc(-c2ccccc2)cc1. The number of carboxylic acid groups (broad SMARTS) is 1. The number of aliphatic carboxylic acids is 1. The Balaban J connectivity index is 1.70. The quantitative estimate of drug-likeness (QED) is 0.466. The van der Waals surface area contributed by atoms with E-state index in [1.165, 1.54) is 0 Å². The number of aromatic nitrogens is 1. The minimum Gasteiger partial charge on any atom is -0.481 e. The molecule has 0 atom stereocenters. The van der Waals surface area contributed by atoms with Crippen LogP contribution in [0.25, 0.3) is 11.1 Å². The lowest BCUT2D eigenvalue weighted by molar-refractivity contribution is -0.137. The van der Waals surface area contributed by atoms with E-state index in [1.54, 1.807) is 0 Å². The smallest absolute Gasteiger partial charge is 0.303 e. The predicted molar refractivity (Wildman–Crippen MR) is 106 cm³/mol. The van der Waals surface area contributed by atoms with Crippen LogP contribution in [-0.4, -0.2) is 21.4 Å². The summed E-state index contributed by atoms with van der Waals surface area (Å²) < 4.78 is 1.91. The van der Waals surface area contributed by atoms with Gasteiger partial charge in [0.25, 0.3) is 0 Å². The average molecular weight is 361 g/mol. The van der Waals surface area contributed by atoms with Gasteiger partial charge in [-0.2, -0.15) is 0 Å². The Hall–Kier alpha value is -3.14. The van der Waals surface area contributed by atoms with Gasteiger partial charge >= 0.3 is 5.97 Å². The highest BCUT2D eigenvalue weighted by atomic mass is 16.4. The number of carboxylic acids is 1. The zero-order chi connectivity index (χ0) is 19.2. The molecule has 3 aromatic rings. The van der Waals surface area contributed by atoms with E-state index in [-0.39, 0.29) is 12.2 Å². The number of rotatable bonds is 8. The molecule has 2 aromatic carbocycles. The number of carbonyl (C=O) groups is 2. The standard InChI is InChI=1S/C23H23NO3/c1-24-20(9-5-6-10-22(25)26)15-16-21(24)23(27)19-13-11-18(12-14-19)17-7-3-2-4-8-17/h2-4,7-8,11-16H,5-6,9-10H2,1H3,(H,25,26). The molecule has 1 aromatic heterocycles. The molecule has 3 rings (SSSR count). The van der Waals surface area contributed by atoms with E-state index >= 15 is 0 Å². The molecule has 0 amide bonds. The van der Waals surface area contributed by atoms with Crippen molar-refractivity contribution < 1.29 is 14.7 Å². The second-order valence-corrected chi connectivity index (χ2v) is 6.64. The molecule has 0 aliphatic heterocycles. The van der Waals surface area contributed by atoms with Gasteiger partial charge in [0.1, 0.15) is 0 Å². The van der Waals surface area contributed by atoms with Crippen molar-refractivity contribution in [1.82, 2.24) is 4.57 Å². The first-order chi connectivity index (χ1) is 13.1. The minimum absolute atomic E-state index is 0.00565. The minimum atomic E-state index is -0.767. The maximum atomic E-state index is 12.8. The zero-order valence-electron chi connectivity index (χ0n) is 15.4. The van der Waals surface area contributed by atoms with Crippen molar-refractivity contribution in [3.63, 3.8) is 0 Å². The van der Waals surface area contributed by atoms with E-state index in [0.29, 0.717) is 17.7 Å². The normalized spacial score (nSPS) is 10.7. The first-order valence-corrected chi connectivity index (χ1v) is 9.13. The van der Waals surface area contributed by atoms with Gasteiger partial charge in [0.2, 0.25) is 5.78 Å². The Morgan fingerprint density at radius 3 is 2.19 bits per heavy atom. The van der Waals surface area contributed by atoms with Gasteiger partial charge < -0.3 is 9.67 Å².